The first-order chi connectivity index (χ1) is 17.8. The summed E-state index contributed by atoms with van der Waals surface area (Å²) < 4.78 is 58.7. The molecular formula is C27H29FN2O6S. The second-order valence-electron chi connectivity index (χ2n) is 8.32. The van der Waals surface area contributed by atoms with Gasteiger partial charge in [0.25, 0.3) is 10.0 Å². The number of sulfonamides is 1. The summed E-state index contributed by atoms with van der Waals surface area (Å²) in [6.45, 7) is 6.41. The Bertz CT molecular complexity index is 1390. The van der Waals surface area contributed by atoms with E-state index in [2.05, 4.69) is 4.90 Å². The minimum atomic E-state index is -4.13. The lowest BCUT2D eigenvalue weighted by Crippen LogP contribution is -2.27. The number of furan rings is 1. The molecule has 1 aliphatic heterocycles. The molecule has 0 fully saturated rings. The highest BCUT2D eigenvalue weighted by atomic mass is 32.2. The molecule has 0 bridgehead atoms. The molecule has 1 aromatic heterocycles. The molecule has 0 amide bonds. The number of nitrogens with zero attached hydrogens (tertiary/aromatic N) is 2. The van der Waals surface area contributed by atoms with Gasteiger partial charge in [0.05, 0.1) is 18.6 Å². The standard InChI is InChI=1S/C27H29FN2O6S/c1-4-29(5-2)15-7-16-30(37(32,33)20-12-10-19(28)11-13-20)25-18-23-21-8-6-9-22(27(31)34-3)26(21)35-17-14-24(23)36-25/h6-13,16,18H,4-5,14-15,17H2,1-3H3/b16-7-. The van der Waals surface area contributed by atoms with Crippen LogP contribution in [0.2, 0.25) is 0 Å². The summed E-state index contributed by atoms with van der Waals surface area (Å²) in [6.07, 6.45) is 3.56. The predicted octanol–water partition coefficient (Wildman–Crippen LogP) is 4.86. The third-order valence-electron chi connectivity index (χ3n) is 6.17. The zero-order valence-electron chi connectivity index (χ0n) is 20.9. The maximum Gasteiger partial charge on any atom is 0.341 e. The number of fused-ring (bicyclic) bond motifs is 3. The van der Waals surface area contributed by atoms with Crippen molar-refractivity contribution in [3.63, 3.8) is 0 Å². The number of anilines is 1. The lowest BCUT2D eigenvalue weighted by Gasteiger charge is -2.19. The van der Waals surface area contributed by atoms with Crippen molar-refractivity contribution in [2.75, 3.05) is 37.7 Å². The number of esters is 1. The van der Waals surface area contributed by atoms with Gasteiger partial charge in [0, 0.05) is 36.4 Å². The quantitative estimate of drug-likeness (QED) is 0.367. The van der Waals surface area contributed by atoms with Crippen molar-refractivity contribution >= 4 is 21.9 Å². The summed E-state index contributed by atoms with van der Waals surface area (Å²) in [5.74, 6) is -0.131. The number of carbonyl (C=O) groups excluding carboxylic acids is 1. The number of hydrogen-bond acceptors (Lipinski definition) is 7. The van der Waals surface area contributed by atoms with Crippen LogP contribution in [0.4, 0.5) is 10.3 Å². The van der Waals surface area contributed by atoms with Crippen LogP contribution in [0.1, 0.15) is 30.0 Å². The van der Waals surface area contributed by atoms with Crippen LogP contribution >= 0.6 is 0 Å². The fraction of sp³-hybridized carbons (Fsp3) is 0.296. The van der Waals surface area contributed by atoms with Crippen LogP contribution in [-0.4, -0.2) is 52.6 Å². The summed E-state index contributed by atoms with van der Waals surface area (Å²) in [5, 5.41) is 0. The van der Waals surface area contributed by atoms with Gasteiger partial charge >= 0.3 is 5.97 Å². The largest absolute Gasteiger partial charge is 0.492 e. The van der Waals surface area contributed by atoms with E-state index >= 15 is 0 Å². The topological polar surface area (TPSA) is 89.3 Å². The molecule has 0 unspecified atom stereocenters. The van der Waals surface area contributed by atoms with Gasteiger partial charge in [0.2, 0.25) is 5.88 Å². The number of hydrogen-bond donors (Lipinski definition) is 0. The van der Waals surface area contributed by atoms with Crippen molar-refractivity contribution in [1.82, 2.24) is 4.90 Å². The van der Waals surface area contributed by atoms with Crippen molar-refractivity contribution in [1.29, 1.82) is 0 Å². The van der Waals surface area contributed by atoms with Crippen molar-refractivity contribution in [3.05, 3.63) is 77.9 Å². The van der Waals surface area contributed by atoms with Crippen molar-refractivity contribution in [3.8, 4) is 16.9 Å². The first-order valence-corrected chi connectivity index (χ1v) is 13.4. The number of ether oxygens (including phenoxy) is 2. The minimum Gasteiger partial charge on any atom is -0.492 e. The first kappa shape index (κ1) is 26.4. The Labute approximate surface area is 215 Å². The van der Waals surface area contributed by atoms with Crippen LogP contribution in [-0.2, 0) is 21.2 Å². The number of rotatable bonds is 9. The minimum absolute atomic E-state index is 0.0708. The Morgan fingerprint density at radius 2 is 1.84 bits per heavy atom. The first-order valence-electron chi connectivity index (χ1n) is 12.0. The van der Waals surface area contributed by atoms with E-state index in [4.69, 9.17) is 13.9 Å². The maximum atomic E-state index is 13.7. The van der Waals surface area contributed by atoms with Gasteiger partial charge in [-0.05, 0) is 43.4 Å². The van der Waals surface area contributed by atoms with Gasteiger partial charge in [-0.3, -0.25) is 0 Å². The molecule has 1 aliphatic rings. The van der Waals surface area contributed by atoms with Gasteiger partial charge in [-0.15, -0.1) is 0 Å². The SMILES string of the molecule is CCN(CC)C/C=C\N(c1cc2c(o1)CCOc1c(C(=O)OC)cccc1-2)S(=O)(=O)c1ccc(F)cc1. The highest BCUT2D eigenvalue weighted by Gasteiger charge is 2.30. The van der Waals surface area contributed by atoms with Gasteiger partial charge in [-0.25, -0.2) is 21.9 Å². The summed E-state index contributed by atoms with van der Waals surface area (Å²) in [7, 11) is -2.84. The summed E-state index contributed by atoms with van der Waals surface area (Å²) in [5.41, 5.74) is 1.48. The second-order valence-corrected chi connectivity index (χ2v) is 10.1. The molecule has 4 rings (SSSR count). The van der Waals surface area contributed by atoms with Crippen LogP contribution in [0.3, 0.4) is 0 Å². The smallest absolute Gasteiger partial charge is 0.341 e. The lowest BCUT2D eigenvalue weighted by atomic mass is 10.0. The summed E-state index contributed by atoms with van der Waals surface area (Å²) >= 11 is 0. The highest BCUT2D eigenvalue weighted by Crippen LogP contribution is 2.42. The van der Waals surface area contributed by atoms with Gasteiger partial charge in [0.15, 0.2) is 0 Å². The highest BCUT2D eigenvalue weighted by molar-refractivity contribution is 7.93. The third kappa shape index (κ3) is 5.40. The normalized spacial score (nSPS) is 13.1. The van der Waals surface area contributed by atoms with E-state index in [-0.39, 0.29) is 22.9 Å². The molecule has 0 aliphatic carbocycles. The number of methoxy groups -OCH3 is 1. The van der Waals surface area contributed by atoms with Gasteiger partial charge in [-0.2, -0.15) is 0 Å². The van der Waals surface area contributed by atoms with E-state index in [1.165, 1.54) is 25.4 Å². The van der Waals surface area contributed by atoms with Crippen LogP contribution in [0, 0.1) is 5.82 Å². The number of para-hydroxylation sites is 1. The zero-order chi connectivity index (χ0) is 26.6. The van der Waals surface area contributed by atoms with E-state index < -0.39 is 21.8 Å². The molecule has 0 saturated carbocycles. The van der Waals surface area contributed by atoms with E-state index in [1.807, 2.05) is 13.8 Å². The van der Waals surface area contributed by atoms with Gasteiger partial charge in [-0.1, -0.05) is 32.1 Å². The molecule has 2 heterocycles. The number of benzene rings is 2. The monoisotopic (exact) mass is 528 g/mol. The van der Waals surface area contributed by atoms with Gasteiger partial charge < -0.3 is 18.8 Å². The fourth-order valence-electron chi connectivity index (χ4n) is 4.12. The summed E-state index contributed by atoms with van der Waals surface area (Å²) in [6, 6.07) is 11.3. The molecular weight excluding hydrogens is 499 g/mol. The Morgan fingerprint density at radius 1 is 1.11 bits per heavy atom. The maximum absolute atomic E-state index is 13.7. The van der Waals surface area contributed by atoms with Crippen LogP contribution < -0.4 is 9.04 Å². The molecule has 196 valence electrons. The van der Waals surface area contributed by atoms with E-state index in [9.17, 15) is 17.6 Å². The van der Waals surface area contributed by atoms with Crippen LogP contribution in [0.5, 0.6) is 5.75 Å². The number of carbonyl (C=O) groups is 1. The third-order valence-corrected chi connectivity index (χ3v) is 7.86. The Kier molecular flexibility index (Phi) is 7.99. The number of likely N-dealkylation sites (N-methyl/N-ethyl adjacent to an activating group) is 1. The molecule has 0 saturated heterocycles. The number of halogens is 1. The second kappa shape index (κ2) is 11.2. The van der Waals surface area contributed by atoms with E-state index in [0.29, 0.717) is 35.6 Å². The molecule has 3 aromatic rings. The van der Waals surface area contributed by atoms with Crippen molar-refractivity contribution < 1.29 is 31.5 Å². The van der Waals surface area contributed by atoms with E-state index in [0.717, 1.165) is 29.5 Å². The fourth-order valence-corrected chi connectivity index (χ4v) is 5.40. The van der Waals surface area contributed by atoms with Crippen LogP contribution in [0.25, 0.3) is 11.1 Å². The molecule has 37 heavy (non-hydrogen) atoms. The zero-order valence-corrected chi connectivity index (χ0v) is 21.8. The molecule has 10 heteroatoms. The molecule has 0 spiro atoms. The molecule has 0 atom stereocenters. The average molecular weight is 529 g/mol. The van der Waals surface area contributed by atoms with E-state index in [1.54, 1.807) is 30.3 Å². The van der Waals surface area contributed by atoms with Crippen molar-refractivity contribution in [2.45, 2.75) is 25.2 Å². The molecule has 0 N–H and O–H groups in total. The predicted molar refractivity (Wildman–Crippen MR) is 138 cm³/mol. The van der Waals surface area contributed by atoms with Crippen molar-refractivity contribution in [2.24, 2.45) is 0 Å². The van der Waals surface area contributed by atoms with Crippen LogP contribution in [0.15, 0.2) is 70.1 Å². The Morgan fingerprint density at radius 3 is 2.51 bits per heavy atom. The Balaban J connectivity index is 1.81. The molecule has 2 aromatic carbocycles. The summed E-state index contributed by atoms with van der Waals surface area (Å²) in [4.78, 5) is 14.3. The molecule has 8 nitrogen and oxygen atoms in total. The average Bonchev–Trinajstić information content (AvgIpc) is 3.23. The van der Waals surface area contributed by atoms with Gasteiger partial charge in [0.1, 0.15) is 22.9 Å². The molecule has 0 radical (unpaired) electrons. The Hall–Kier alpha value is -3.63. The lowest BCUT2D eigenvalue weighted by molar-refractivity contribution is 0.0596.